The van der Waals surface area contributed by atoms with Crippen LogP contribution < -0.4 is 4.74 Å². The van der Waals surface area contributed by atoms with Crippen LogP contribution in [0.15, 0.2) is 40.9 Å². The van der Waals surface area contributed by atoms with Crippen LogP contribution >= 0.6 is 27.5 Å². The highest BCUT2D eigenvalue weighted by Gasteiger charge is 2.29. The number of benzene rings is 2. The lowest BCUT2D eigenvalue weighted by atomic mass is 9.88. The summed E-state index contributed by atoms with van der Waals surface area (Å²) < 4.78 is 20.3. The first-order chi connectivity index (χ1) is 10.1. The highest BCUT2D eigenvalue weighted by Crippen LogP contribution is 2.37. The first-order valence-electron chi connectivity index (χ1n) is 6.60. The van der Waals surface area contributed by atoms with Crippen LogP contribution in [0, 0.1) is 11.7 Å². The SMILES string of the molecule is OC(c1ccc(Br)c(Cl)c1F)C1COc2ccccc2C1. The molecule has 2 atom stereocenters. The van der Waals surface area contributed by atoms with Crippen molar-refractivity contribution in [3.63, 3.8) is 0 Å². The Morgan fingerprint density at radius 2 is 2.05 bits per heavy atom. The molecule has 21 heavy (non-hydrogen) atoms. The Balaban J connectivity index is 1.87. The van der Waals surface area contributed by atoms with E-state index in [2.05, 4.69) is 15.9 Å². The summed E-state index contributed by atoms with van der Waals surface area (Å²) in [6.45, 7) is 0.352. The molecule has 0 saturated heterocycles. The third kappa shape index (κ3) is 2.80. The Hall–Kier alpha value is -1.10. The molecule has 2 unspecified atom stereocenters. The molecule has 0 aromatic heterocycles. The van der Waals surface area contributed by atoms with Gasteiger partial charge in [0.15, 0.2) is 0 Å². The number of ether oxygens (including phenoxy) is 1. The van der Waals surface area contributed by atoms with Gasteiger partial charge < -0.3 is 9.84 Å². The van der Waals surface area contributed by atoms with Crippen molar-refractivity contribution in [3.05, 3.63) is 62.8 Å². The summed E-state index contributed by atoms with van der Waals surface area (Å²) in [6.07, 6.45) is -0.311. The van der Waals surface area contributed by atoms with Gasteiger partial charge in [0.25, 0.3) is 0 Å². The minimum atomic E-state index is -0.955. The van der Waals surface area contributed by atoms with Crippen LogP contribution in [0.3, 0.4) is 0 Å². The molecule has 5 heteroatoms. The number of aliphatic hydroxyl groups excluding tert-OH is 1. The lowest BCUT2D eigenvalue weighted by Crippen LogP contribution is -2.27. The lowest BCUT2D eigenvalue weighted by Gasteiger charge is -2.29. The van der Waals surface area contributed by atoms with Gasteiger partial charge in [-0.05, 0) is 40.0 Å². The third-order valence-corrected chi connectivity index (χ3v) is 5.00. The van der Waals surface area contributed by atoms with Crippen molar-refractivity contribution in [2.45, 2.75) is 12.5 Å². The highest BCUT2D eigenvalue weighted by molar-refractivity contribution is 9.10. The average molecular weight is 372 g/mol. The van der Waals surface area contributed by atoms with Gasteiger partial charge in [-0.3, -0.25) is 0 Å². The summed E-state index contributed by atoms with van der Waals surface area (Å²) in [6, 6.07) is 10.9. The van der Waals surface area contributed by atoms with E-state index in [-0.39, 0.29) is 16.5 Å². The standard InChI is InChI=1S/C16H13BrClFO2/c17-12-6-5-11(15(19)14(12)18)16(20)10-7-9-3-1-2-4-13(9)21-8-10/h1-6,10,16,20H,7-8H2. The molecule has 0 fully saturated rings. The Labute approximate surface area is 135 Å². The van der Waals surface area contributed by atoms with E-state index in [1.54, 1.807) is 12.1 Å². The molecule has 0 amide bonds. The van der Waals surface area contributed by atoms with Gasteiger partial charge in [0, 0.05) is 16.0 Å². The molecule has 1 N–H and O–H groups in total. The van der Waals surface area contributed by atoms with Gasteiger partial charge in [-0.25, -0.2) is 4.39 Å². The van der Waals surface area contributed by atoms with Gasteiger partial charge in [0.05, 0.1) is 17.7 Å². The molecule has 1 aliphatic rings. The van der Waals surface area contributed by atoms with Crippen LogP contribution in [0.2, 0.25) is 5.02 Å². The molecule has 0 saturated carbocycles. The highest BCUT2D eigenvalue weighted by atomic mass is 79.9. The zero-order valence-corrected chi connectivity index (χ0v) is 13.4. The number of hydrogen-bond donors (Lipinski definition) is 1. The van der Waals surface area contributed by atoms with Crippen LogP contribution in [-0.4, -0.2) is 11.7 Å². The first kappa shape index (κ1) is 14.8. The maximum Gasteiger partial charge on any atom is 0.148 e. The van der Waals surface area contributed by atoms with E-state index in [0.717, 1.165) is 11.3 Å². The molecule has 0 spiro atoms. The number of hydrogen-bond acceptors (Lipinski definition) is 2. The molecule has 0 radical (unpaired) electrons. The van der Waals surface area contributed by atoms with Crippen LogP contribution in [0.4, 0.5) is 4.39 Å². The van der Waals surface area contributed by atoms with Crippen molar-refractivity contribution in [2.75, 3.05) is 6.61 Å². The van der Waals surface area contributed by atoms with Crippen LogP contribution in [-0.2, 0) is 6.42 Å². The third-order valence-electron chi connectivity index (χ3n) is 3.74. The second kappa shape index (κ2) is 5.95. The topological polar surface area (TPSA) is 29.5 Å². The zero-order valence-electron chi connectivity index (χ0n) is 11.0. The number of fused-ring (bicyclic) bond motifs is 1. The fourth-order valence-electron chi connectivity index (χ4n) is 2.58. The molecule has 1 heterocycles. The molecule has 3 rings (SSSR count). The van der Waals surface area contributed by atoms with Crippen molar-refractivity contribution < 1.29 is 14.2 Å². The molecule has 1 aliphatic heterocycles. The molecule has 0 bridgehead atoms. The summed E-state index contributed by atoms with van der Waals surface area (Å²) in [5, 5.41) is 10.5. The quantitative estimate of drug-likeness (QED) is 0.786. The molecule has 0 aliphatic carbocycles. The summed E-state index contributed by atoms with van der Waals surface area (Å²) >= 11 is 9.05. The van der Waals surface area contributed by atoms with Crippen molar-refractivity contribution in [2.24, 2.45) is 5.92 Å². The Morgan fingerprint density at radius 3 is 2.86 bits per heavy atom. The number of aliphatic hydroxyl groups is 1. The van der Waals surface area contributed by atoms with E-state index < -0.39 is 11.9 Å². The van der Waals surface area contributed by atoms with Gasteiger partial charge in [0.1, 0.15) is 11.6 Å². The second-order valence-electron chi connectivity index (χ2n) is 5.09. The average Bonchev–Trinajstić information content (AvgIpc) is 2.52. The fraction of sp³-hybridized carbons (Fsp3) is 0.250. The smallest absolute Gasteiger partial charge is 0.148 e. The summed E-state index contributed by atoms with van der Waals surface area (Å²) in [5.74, 6) is 0.0410. The molecule has 2 nitrogen and oxygen atoms in total. The number of halogens is 3. The van der Waals surface area contributed by atoms with Crippen LogP contribution in [0.5, 0.6) is 5.75 Å². The molecule has 110 valence electrons. The normalized spacial score (nSPS) is 18.8. The van der Waals surface area contributed by atoms with E-state index in [4.69, 9.17) is 16.3 Å². The molecule has 2 aromatic carbocycles. The minimum Gasteiger partial charge on any atom is -0.493 e. The summed E-state index contributed by atoms with van der Waals surface area (Å²) in [4.78, 5) is 0. The van der Waals surface area contributed by atoms with E-state index in [0.29, 0.717) is 17.5 Å². The predicted molar refractivity (Wildman–Crippen MR) is 83.2 cm³/mol. The van der Waals surface area contributed by atoms with E-state index in [1.807, 2.05) is 24.3 Å². The van der Waals surface area contributed by atoms with E-state index >= 15 is 0 Å². The summed E-state index contributed by atoms with van der Waals surface area (Å²) in [7, 11) is 0. The van der Waals surface area contributed by atoms with E-state index in [1.165, 1.54) is 0 Å². The zero-order chi connectivity index (χ0) is 15.0. The van der Waals surface area contributed by atoms with Gasteiger partial charge in [-0.2, -0.15) is 0 Å². The fourth-order valence-corrected chi connectivity index (χ4v) is 3.06. The monoisotopic (exact) mass is 370 g/mol. The molecular weight excluding hydrogens is 359 g/mol. The Morgan fingerprint density at radius 1 is 1.29 bits per heavy atom. The minimum absolute atomic E-state index is 0.0105. The largest absolute Gasteiger partial charge is 0.493 e. The van der Waals surface area contributed by atoms with Crippen LogP contribution in [0.1, 0.15) is 17.2 Å². The maximum absolute atomic E-state index is 14.2. The Bertz CT molecular complexity index is 677. The van der Waals surface area contributed by atoms with Gasteiger partial charge in [0.2, 0.25) is 0 Å². The van der Waals surface area contributed by atoms with Gasteiger partial charge >= 0.3 is 0 Å². The first-order valence-corrected chi connectivity index (χ1v) is 7.77. The predicted octanol–water partition coefficient (Wildman–Crippen LogP) is 4.53. The number of rotatable bonds is 2. The number of para-hydroxylation sites is 1. The second-order valence-corrected chi connectivity index (χ2v) is 6.32. The van der Waals surface area contributed by atoms with Gasteiger partial charge in [-0.1, -0.05) is 35.9 Å². The van der Waals surface area contributed by atoms with Crippen molar-refractivity contribution >= 4 is 27.5 Å². The van der Waals surface area contributed by atoms with Gasteiger partial charge in [-0.15, -0.1) is 0 Å². The maximum atomic E-state index is 14.2. The molecular formula is C16H13BrClFO2. The van der Waals surface area contributed by atoms with Crippen molar-refractivity contribution in [3.8, 4) is 5.75 Å². The van der Waals surface area contributed by atoms with Crippen molar-refractivity contribution in [1.82, 2.24) is 0 Å². The summed E-state index contributed by atoms with van der Waals surface area (Å²) in [5.41, 5.74) is 1.23. The van der Waals surface area contributed by atoms with Crippen LogP contribution in [0.25, 0.3) is 0 Å². The van der Waals surface area contributed by atoms with E-state index in [9.17, 15) is 9.50 Å². The van der Waals surface area contributed by atoms with Crippen molar-refractivity contribution in [1.29, 1.82) is 0 Å². The Kier molecular flexibility index (Phi) is 4.20. The lowest BCUT2D eigenvalue weighted by molar-refractivity contribution is 0.0619. The molecule has 2 aromatic rings.